The predicted molar refractivity (Wildman–Crippen MR) is 73.4 cm³/mol. The van der Waals surface area contributed by atoms with Crippen LogP contribution in [0.25, 0.3) is 0 Å². The predicted octanol–water partition coefficient (Wildman–Crippen LogP) is 2.15. The van der Waals surface area contributed by atoms with Crippen LogP contribution >= 0.6 is 11.6 Å². The summed E-state index contributed by atoms with van der Waals surface area (Å²) >= 11 is 6.01. The van der Waals surface area contributed by atoms with Crippen LogP contribution in [0.2, 0.25) is 5.02 Å². The number of nitrogens with zero attached hydrogens (tertiary/aromatic N) is 2. The van der Waals surface area contributed by atoms with Gasteiger partial charge in [-0.3, -0.25) is 4.79 Å². The van der Waals surface area contributed by atoms with Crippen molar-refractivity contribution in [2.45, 2.75) is 33.2 Å². The van der Waals surface area contributed by atoms with Crippen molar-refractivity contribution in [3.05, 3.63) is 21.6 Å². The van der Waals surface area contributed by atoms with Gasteiger partial charge in [0, 0.05) is 19.7 Å². The van der Waals surface area contributed by atoms with E-state index in [0.717, 1.165) is 12.8 Å². The van der Waals surface area contributed by atoms with Crippen LogP contribution in [-0.2, 0) is 11.3 Å². The lowest BCUT2D eigenvalue weighted by Crippen LogP contribution is -2.24. The number of hydrogen-bond acceptors (Lipinski definition) is 4. The highest BCUT2D eigenvalue weighted by Crippen LogP contribution is 2.14. The lowest BCUT2D eigenvalue weighted by molar-refractivity contribution is 0.158. The monoisotopic (exact) mass is 273 g/mol. The quantitative estimate of drug-likeness (QED) is 0.738. The van der Waals surface area contributed by atoms with Gasteiger partial charge in [-0.15, -0.1) is 0 Å². The van der Waals surface area contributed by atoms with E-state index in [9.17, 15) is 4.79 Å². The fourth-order valence-corrected chi connectivity index (χ4v) is 1.67. The fourth-order valence-electron chi connectivity index (χ4n) is 1.46. The zero-order chi connectivity index (χ0) is 13.4. The maximum absolute atomic E-state index is 11.9. The number of aromatic nitrogens is 2. The normalized spacial score (nSPS) is 10.6. The molecule has 102 valence electrons. The summed E-state index contributed by atoms with van der Waals surface area (Å²) < 4.78 is 6.60. The van der Waals surface area contributed by atoms with E-state index in [1.807, 2.05) is 6.92 Å². The fraction of sp³-hybridized carbons (Fsp3) is 0.667. The molecule has 6 heteroatoms. The molecule has 0 amide bonds. The summed E-state index contributed by atoms with van der Waals surface area (Å²) in [5.74, 6) is 0. The molecule has 0 fully saturated rings. The Kier molecular flexibility index (Phi) is 6.75. The molecule has 0 unspecified atom stereocenters. The molecule has 18 heavy (non-hydrogen) atoms. The van der Waals surface area contributed by atoms with E-state index in [-0.39, 0.29) is 10.6 Å². The van der Waals surface area contributed by atoms with Gasteiger partial charge in [0.25, 0.3) is 5.56 Å². The zero-order valence-electron chi connectivity index (χ0n) is 10.9. The molecule has 0 aliphatic carbocycles. The van der Waals surface area contributed by atoms with Gasteiger partial charge in [0.1, 0.15) is 5.02 Å². The Morgan fingerprint density at radius 1 is 1.50 bits per heavy atom. The van der Waals surface area contributed by atoms with Crippen molar-refractivity contribution in [2.24, 2.45) is 0 Å². The van der Waals surface area contributed by atoms with Crippen LogP contribution in [-0.4, -0.2) is 29.5 Å². The Bertz CT molecular complexity index is 420. The molecule has 0 aromatic carbocycles. The maximum Gasteiger partial charge on any atom is 0.287 e. The molecule has 0 bridgehead atoms. The van der Waals surface area contributed by atoms with Gasteiger partial charge in [-0.2, -0.15) is 5.10 Å². The molecule has 1 rings (SSSR count). The summed E-state index contributed by atoms with van der Waals surface area (Å²) in [6.45, 7) is 6.46. The number of rotatable bonds is 8. The van der Waals surface area contributed by atoms with E-state index in [1.54, 1.807) is 6.20 Å². The van der Waals surface area contributed by atoms with Crippen molar-refractivity contribution in [3.63, 3.8) is 0 Å². The first-order valence-corrected chi connectivity index (χ1v) is 6.65. The molecule has 1 aromatic heterocycles. The van der Waals surface area contributed by atoms with Crippen molar-refractivity contribution in [1.82, 2.24) is 9.78 Å². The second-order valence-corrected chi connectivity index (χ2v) is 4.26. The Labute approximate surface area is 112 Å². The smallest absolute Gasteiger partial charge is 0.287 e. The molecule has 0 atom stereocenters. The maximum atomic E-state index is 11.9. The number of hydrogen-bond donors (Lipinski definition) is 1. The van der Waals surface area contributed by atoms with Gasteiger partial charge in [0.05, 0.1) is 18.5 Å². The first-order valence-electron chi connectivity index (χ1n) is 6.27. The molecule has 5 nitrogen and oxygen atoms in total. The lowest BCUT2D eigenvalue weighted by Gasteiger charge is -2.09. The van der Waals surface area contributed by atoms with Crippen LogP contribution in [0.3, 0.4) is 0 Å². The summed E-state index contributed by atoms with van der Waals surface area (Å²) in [5, 5.41) is 7.32. The molecular formula is C12H20ClN3O2. The van der Waals surface area contributed by atoms with Gasteiger partial charge in [0.2, 0.25) is 0 Å². The Balaban J connectivity index is 2.65. The van der Waals surface area contributed by atoms with E-state index < -0.39 is 0 Å². The minimum atomic E-state index is -0.244. The van der Waals surface area contributed by atoms with Gasteiger partial charge >= 0.3 is 0 Å². The minimum absolute atomic E-state index is 0.192. The molecular weight excluding hydrogens is 254 g/mol. The number of unbranched alkanes of at least 4 members (excludes halogenated alkanes) is 1. The third-order valence-electron chi connectivity index (χ3n) is 2.47. The van der Waals surface area contributed by atoms with E-state index in [4.69, 9.17) is 16.3 Å². The van der Waals surface area contributed by atoms with Crippen LogP contribution in [0.1, 0.15) is 26.7 Å². The zero-order valence-corrected chi connectivity index (χ0v) is 11.7. The van der Waals surface area contributed by atoms with E-state index in [2.05, 4.69) is 17.3 Å². The summed E-state index contributed by atoms with van der Waals surface area (Å²) in [6, 6.07) is 0. The molecule has 0 saturated heterocycles. The second-order valence-electron chi connectivity index (χ2n) is 3.88. The van der Waals surface area contributed by atoms with Gasteiger partial charge in [-0.1, -0.05) is 24.9 Å². The van der Waals surface area contributed by atoms with E-state index >= 15 is 0 Å². The van der Waals surface area contributed by atoms with Crippen LogP contribution in [0, 0.1) is 0 Å². The summed E-state index contributed by atoms with van der Waals surface area (Å²) in [4.78, 5) is 11.9. The SMILES string of the molecule is CCCCn1ncc(NCCOCC)c(Cl)c1=O. The van der Waals surface area contributed by atoms with Gasteiger partial charge in [0.15, 0.2) is 0 Å². The van der Waals surface area contributed by atoms with Gasteiger partial charge in [-0.25, -0.2) is 4.68 Å². The average molecular weight is 274 g/mol. The Morgan fingerprint density at radius 3 is 2.94 bits per heavy atom. The lowest BCUT2D eigenvalue weighted by atomic mass is 10.3. The topological polar surface area (TPSA) is 56.1 Å². The van der Waals surface area contributed by atoms with Crippen molar-refractivity contribution in [2.75, 3.05) is 25.1 Å². The van der Waals surface area contributed by atoms with Crippen LogP contribution in [0.15, 0.2) is 11.0 Å². The van der Waals surface area contributed by atoms with Crippen molar-refractivity contribution in [3.8, 4) is 0 Å². The number of nitrogens with one attached hydrogen (secondary N) is 1. The van der Waals surface area contributed by atoms with Crippen molar-refractivity contribution >= 4 is 17.3 Å². The van der Waals surface area contributed by atoms with Crippen LogP contribution in [0.5, 0.6) is 0 Å². The molecule has 1 aromatic rings. The van der Waals surface area contributed by atoms with Crippen LogP contribution < -0.4 is 10.9 Å². The number of halogens is 1. The highest BCUT2D eigenvalue weighted by Gasteiger charge is 2.08. The summed E-state index contributed by atoms with van der Waals surface area (Å²) in [7, 11) is 0. The first kappa shape index (κ1) is 15.0. The van der Waals surface area contributed by atoms with Crippen molar-refractivity contribution in [1.29, 1.82) is 0 Å². The van der Waals surface area contributed by atoms with Gasteiger partial charge in [-0.05, 0) is 13.3 Å². The molecule has 1 N–H and O–H groups in total. The van der Waals surface area contributed by atoms with E-state index in [1.165, 1.54) is 4.68 Å². The minimum Gasteiger partial charge on any atom is -0.380 e. The summed E-state index contributed by atoms with van der Waals surface area (Å²) in [6.07, 6.45) is 3.52. The molecule has 1 heterocycles. The molecule has 0 radical (unpaired) electrons. The highest BCUT2D eigenvalue weighted by atomic mass is 35.5. The van der Waals surface area contributed by atoms with Crippen molar-refractivity contribution < 1.29 is 4.74 Å². The molecule has 0 aliphatic heterocycles. The molecule has 0 saturated carbocycles. The van der Waals surface area contributed by atoms with E-state index in [0.29, 0.717) is 32.0 Å². The van der Waals surface area contributed by atoms with Gasteiger partial charge < -0.3 is 10.1 Å². The Morgan fingerprint density at radius 2 is 2.28 bits per heavy atom. The molecule has 0 aliphatic rings. The largest absolute Gasteiger partial charge is 0.380 e. The van der Waals surface area contributed by atoms with Crippen LogP contribution in [0.4, 0.5) is 5.69 Å². The number of ether oxygens (including phenoxy) is 1. The average Bonchev–Trinajstić information content (AvgIpc) is 2.38. The third-order valence-corrected chi connectivity index (χ3v) is 2.84. The highest BCUT2D eigenvalue weighted by molar-refractivity contribution is 6.32. The first-order chi connectivity index (χ1) is 8.70. The number of aryl methyl sites for hydroxylation is 1. The Hall–Kier alpha value is -1.07. The second kappa shape index (κ2) is 8.11. The number of anilines is 1. The third kappa shape index (κ3) is 4.31. The summed E-state index contributed by atoms with van der Waals surface area (Å²) in [5.41, 5.74) is 0.320. The molecule has 0 spiro atoms. The standard InChI is InChI=1S/C12H20ClN3O2/c1-3-5-7-16-12(17)11(13)10(9-15-16)14-6-8-18-4-2/h9,14H,3-8H2,1-2H3.